The molecule has 4 heterocycles. The van der Waals surface area contributed by atoms with Crippen LogP contribution in [0.5, 0.6) is 0 Å². The molecule has 2 aliphatic rings. The monoisotopic (exact) mass is 774 g/mol. The maximum Gasteiger partial charge on any atom is 0.511 e. The van der Waals surface area contributed by atoms with Crippen LogP contribution in [0.4, 0.5) is 9.59 Å². The first-order valence-corrected chi connectivity index (χ1v) is 18.9. The Balaban J connectivity index is 0.959. The Morgan fingerprint density at radius 3 is 2.28 bits per heavy atom. The highest BCUT2D eigenvalue weighted by atomic mass is 16.8. The Hall–Kier alpha value is -6.25. The lowest BCUT2D eigenvalue weighted by molar-refractivity contribution is -0.0988. The number of rotatable bonds is 11. The van der Waals surface area contributed by atoms with Gasteiger partial charge in [-0.25, -0.2) is 24.4 Å². The summed E-state index contributed by atoms with van der Waals surface area (Å²) in [4.78, 5) is 47.0. The molecule has 4 aromatic carbocycles. The van der Waals surface area contributed by atoms with Crippen molar-refractivity contribution in [2.75, 3.05) is 13.2 Å². The van der Waals surface area contributed by atoms with Crippen LogP contribution in [-0.2, 0) is 48.4 Å². The van der Waals surface area contributed by atoms with E-state index in [0.717, 1.165) is 68.8 Å². The lowest BCUT2D eigenvalue weighted by Crippen LogP contribution is -2.36. The SMILES string of the molecule is CCCc1nc2c(C)cc(-c3nc4ccccc4n3C)cc2n1Cc1ccc(-c2ccccc2C(=O)OC(C)OC(=O)O[C@H]2CO[C@H]3[C@@H]2OC[C@@H]3OC(=O)O)cc1. The van der Waals surface area contributed by atoms with Crippen LogP contribution in [0.25, 0.3) is 44.6 Å². The minimum atomic E-state index is -1.45. The Bertz CT molecular complexity index is 2470. The van der Waals surface area contributed by atoms with Crippen molar-refractivity contribution in [2.24, 2.45) is 7.05 Å². The van der Waals surface area contributed by atoms with Gasteiger partial charge in [0.05, 0.1) is 40.8 Å². The summed E-state index contributed by atoms with van der Waals surface area (Å²) < 4.78 is 36.4. The number of carbonyl (C=O) groups excluding carboxylic acids is 2. The molecule has 1 unspecified atom stereocenters. The number of carboxylic acid groups (broad SMARTS) is 1. The average Bonchev–Trinajstić information content (AvgIpc) is 3.96. The molecule has 5 atom stereocenters. The molecule has 2 fully saturated rings. The van der Waals surface area contributed by atoms with Crippen molar-refractivity contribution in [1.29, 1.82) is 0 Å². The predicted octanol–water partition coefficient (Wildman–Crippen LogP) is 7.45. The third-order valence-corrected chi connectivity index (χ3v) is 10.4. The second-order valence-electron chi connectivity index (χ2n) is 14.3. The van der Waals surface area contributed by atoms with Gasteiger partial charge in [0.15, 0.2) is 12.2 Å². The molecule has 2 saturated heterocycles. The average molecular weight is 775 g/mol. The smallest absolute Gasteiger partial charge is 0.450 e. The zero-order valence-corrected chi connectivity index (χ0v) is 31.9. The van der Waals surface area contributed by atoms with Gasteiger partial charge in [-0.05, 0) is 65.9 Å². The number of esters is 1. The lowest BCUT2D eigenvalue weighted by Gasteiger charge is -2.19. The van der Waals surface area contributed by atoms with Crippen LogP contribution >= 0.6 is 0 Å². The first-order valence-electron chi connectivity index (χ1n) is 18.9. The van der Waals surface area contributed by atoms with Gasteiger partial charge in [0.25, 0.3) is 0 Å². The molecule has 0 radical (unpaired) electrons. The molecule has 294 valence electrons. The molecule has 14 heteroatoms. The zero-order valence-electron chi connectivity index (χ0n) is 31.9. The topological polar surface area (TPSA) is 162 Å². The van der Waals surface area contributed by atoms with Crippen molar-refractivity contribution in [3.05, 3.63) is 107 Å². The van der Waals surface area contributed by atoms with Crippen molar-refractivity contribution in [1.82, 2.24) is 19.1 Å². The predicted molar refractivity (Wildman–Crippen MR) is 208 cm³/mol. The van der Waals surface area contributed by atoms with Crippen LogP contribution in [0.3, 0.4) is 0 Å². The highest BCUT2D eigenvalue weighted by Gasteiger charge is 2.51. The zero-order chi connectivity index (χ0) is 39.8. The Morgan fingerprint density at radius 2 is 1.56 bits per heavy atom. The Labute approximate surface area is 327 Å². The Kier molecular flexibility index (Phi) is 10.4. The van der Waals surface area contributed by atoms with Gasteiger partial charge in [0.1, 0.15) is 23.9 Å². The summed E-state index contributed by atoms with van der Waals surface area (Å²) in [5.74, 6) is 1.23. The fraction of sp³-hybridized carbons (Fsp3) is 0.326. The third-order valence-electron chi connectivity index (χ3n) is 10.4. The van der Waals surface area contributed by atoms with E-state index in [1.807, 2.05) is 61.6 Å². The van der Waals surface area contributed by atoms with Gasteiger partial charge in [-0.2, -0.15) is 0 Å². The minimum absolute atomic E-state index is 0.0276. The van der Waals surface area contributed by atoms with E-state index < -0.39 is 49.0 Å². The summed E-state index contributed by atoms with van der Waals surface area (Å²) in [5, 5.41) is 8.93. The summed E-state index contributed by atoms with van der Waals surface area (Å²) in [6, 6.07) is 27.6. The molecule has 0 spiro atoms. The van der Waals surface area contributed by atoms with E-state index in [4.69, 9.17) is 43.5 Å². The maximum atomic E-state index is 13.4. The number of hydrogen-bond donors (Lipinski definition) is 1. The van der Waals surface area contributed by atoms with Crippen LogP contribution in [0.1, 0.15) is 47.6 Å². The van der Waals surface area contributed by atoms with Crippen LogP contribution in [0.15, 0.2) is 84.9 Å². The molecule has 14 nitrogen and oxygen atoms in total. The third kappa shape index (κ3) is 7.53. The lowest BCUT2D eigenvalue weighted by atomic mass is 9.98. The molecule has 2 aliphatic heterocycles. The summed E-state index contributed by atoms with van der Waals surface area (Å²) in [5.41, 5.74) is 8.97. The van der Waals surface area contributed by atoms with Crippen molar-refractivity contribution in [2.45, 2.75) is 70.9 Å². The number of aromatic nitrogens is 4. The van der Waals surface area contributed by atoms with Gasteiger partial charge >= 0.3 is 18.3 Å². The second-order valence-corrected chi connectivity index (χ2v) is 14.3. The highest BCUT2D eigenvalue weighted by Crippen LogP contribution is 2.33. The van der Waals surface area contributed by atoms with Crippen molar-refractivity contribution >= 4 is 40.3 Å². The summed E-state index contributed by atoms with van der Waals surface area (Å²) in [7, 11) is 2.04. The number of hydrogen-bond acceptors (Lipinski definition) is 11. The van der Waals surface area contributed by atoms with Crippen molar-refractivity contribution < 1.29 is 47.9 Å². The van der Waals surface area contributed by atoms with Crippen molar-refractivity contribution in [3.63, 3.8) is 0 Å². The summed E-state index contributed by atoms with van der Waals surface area (Å²) in [6.45, 7) is 6.19. The second kappa shape index (κ2) is 15.7. The fourth-order valence-electron chi connectivity index (χ4n) is 7.74. The van der Waals surface area contributed by atoms with Gasteiger partial charge in [-0.1, -0.05) is 61.5 Å². The van der Waals surface area contributed by atoms with Gasteiger partial charge < -0.3 is 42.7 Å². The molecular weight excluding hydrogens is 732 g/mol. The highest BCUT2D eigenvalue weighted by molar-refractivity contribution is 5.97. The number of carbonyl (C=O) groups is 3. The summed E-state index contributed by atoms with van der Waals surface area (Å²) in [6.07, 6.45) is -5.15. The molecular formula is C43H42N4O10. The van der Waals surface area contributed by atoms with Crippen molar-refractivity contribution in [3.8, 4) is 22.5 Å². The number of benzene rings is 4. The van der Waals surface area contributed by atoms with Crippen LogP contribution in [0, 0.1) is 6.92 Å². The van der Waals surface area contributed by atoms with E-state index >= 15 is 0 Å². The maximum absolute atomic E-state index is 13.4. The molecule has 57 heavy (non-hydrogen) atoms. The fourth-order valence-corrected chi connectivity index (χ4v) is 7.74. The van der Waals surface area contributed by atoms with E-state index in [1.165, 1.54) is 6.92 Å². The standard InChI is InChI=1S/C43H42N4O10/c1-5-10-36-45-37-24(2)19-28(40-44-31-13-8-9-14-32(31)46(40)4)20-33(37)47(36)21-26-15-17-27(18-16-26)29-11-6-7-12-30(29)41(48)54-25(3)55-43(51)57-35-23-53-38-34(56-42(49)50)22-52-39(35)38/h6-9,11-20,25,34-35,38-39H,5,10,21-23H2,1-4H3,(H,49,50)/t25?,34-,35-,38+,39+/m0/s1. The molecule has 2 aromatic heterocycles. The molecule has 0 bridgehead atoms. The number of fused-ring (bicyclic) bond motifs is 3. The molecule has 1 N–H and O–H groups in total. The summed E-state index contributed by atoms with van der Waals surface area (Å²) >= 11 is 0. The van der Waals surface area contributed by atoms with E-state index in [-0.39, 0.29) is 13.2 Å². The number of nitrogens with zero attached hydrogens (tertiary/aromatic N) is 4. The van der Waals surface area contributed by atoms with E-state index in [1.54, 1.807) is 12.1 Å². The number of aryl methyl sites for hydroxylation is 3. The quantitative estimate of drug-likeness (QED) is 0.0787. The molecule has 0 aliphatic carbocycles. The van der Waals surface area contributed by atoms with Gasteiger partial charge in [-0.15, -0.1) is 0 Å². The van der Waals surface area contributed by atoms with Crippen LogP contribution < -0.4 is 0 Å². The van der Waals surface area contributed by atoms with Crippen LogP contribution in [0.2, 0.25) is 0 Å². The van der Waals surface area contributed by atoms with Gasteiger partial charge in [-0.3, -0.25) is 0 Å². The Morgan fingerprint density at radius 1 is 0.860 bits per heavy atom. The first-order chi connectivity index (χ1) is 27.6. The normalized spacial score (nSPS) is 19.4. The first kappa shape index (κ1) is 37.7. The number of para-hydroxylation sites is 2. The van der Waals surface area contributed by atoms with Crippen LogP contribution in [-0.4, -0.2) is 86.4 Å². The molecule has 6 aromatic rings. The van der Waals surface area contributed by atoms with E-state index in [2.05, 4.69) is 41.2 Å². The van der Waals surface area contributed by atoms with Gasteiger partial charge in [0.2, 0.25) is 6.29 Å². The van der Waals surface area contributed by atoms with Gasteiger partial charge in [0, 0.05) is 32.5 Å². The minimum Gasteiger partial charge on any atom is -0.450 e. The number of ether oxygens (including phenoxy) is 6. The largest absolute Gasteiger partial charge is 0.511 e. The number of imidazole rings is 2. The van der Waals surface area contributed by atoms with E-state index in [9.17, 15) is 14.4 Å². The van der Waals surface area contributed by atoms with E-state index in [0.29, 0.717) is 17.7 Å². The molecule has 0 amide bonds. The molecule has 8 rings (SSSR count). The molecule has 0 saturated carbocycles.